The Bertz CT molecular complexity index is 899. The summed E-state index contributed by atoms with van der Waals surface area (Å²) in [6.45, 7) is 9.49. The fraction of sp³-hybridized carbons (Fsp3) is 0.478. The molecule has 1 fully saturated rings. The number of hydrogen-bond donors (Lipinski definition) is 3. The number of benzene rings is 1. The molecule has 0 atom stereocenters. The first kappa shape index (κ1) is 22.8. The Labute approximate surface area is 183 Å². The number of esters is 1. The van der Waals surface area contributed by atoms with Crippen molar-refractivity contribution >= 4 is 11.8 Å². The second-order valence-corrected chi connectivity index (χ2v) is 7.99. The van der Waals surface area contributed by atoms with Gasteiger partial charge in [-0.05, 0) is 43.7 Å². The molecule has 0 aliphatic carbocycles. The van der Waals surface area contributed by atoms with Crippen LogP contribution in [0.3, 0.4) is 0 Å². The third-order valence-corrected chi connectivity index (χ3v) is 5.96. The molecule has 8 nitrogen and oxygen atoms in total. The van der Waals surface area contributed by atoms with Crippen LogP contribution in [-0.2, 0) is 4.74 Å². The van der Waals surface area contributed by atoms with Crippen LogP contribution in [0.2, 0.25) is 0 Å². The van der Waals surface area contributed by atoms with Crippen molar-refractivity contribution in [3.05, 3.63) is 46.8 Å². The Kier molecular flexibility index (Phi) is 7.70. The van der Waals surface area contributed by atoms with Crippen LogP contribution in [0.25, 0.3) is 0 Å². The van der Waals surface area contributed by atoms with E-state index in [1.54, 1.807) is 21.0 Å². The van der Waals surface area contributed by atoms with Gasteiger partial charge < -0.3 is 29.0 Å². The summed E-state index contributed by atoms with van der Waals surface area (Å²) < 4.78 is 15.8. The summed E-state index contributed by atoms with van der Waals surface area (Å²) in [5, 5.41) is 0. The van der Waals surface area contributed by atoms with Crippen LogP contribution >= 0.6 is 0 Å². The van der Waals surface area contributed by atoms with E-state index < -0.39 is 5.97 Å². The molecule has 31 heavy (non-hydrogen) atoms. The monoisotopic (exact) mass is 431 g/mol. The molecule has 0 bridgehead atoms. The molecule has 2 heterocycles. The molecule has 0 spiro atoms. The molecule has 1 aliphatic rings. The lowest BCUT2D eigenvalue weighted by atomic mass is 10.1. The number of carbonyl (C=O) groups is 2. The molecule has 168 valence electrons. The Hall–Kier alpha value is -2.84. The van der Waals surface area contributed by atoms with Crippen molar-refractivity contribution in [2.45, 2.75) is 13.8 Å². The highest BCUT2D eigenvalue weighted by Gasteiger charge is 2.28. The van der Waals surface area contributed by atoms with Gasteiger partial charge in [-0.2, -0.15) is 0 Å². The number of methoxy groups -OCH3 is 2. The minimum atomic E-state index is -0.410. The molecule has 3 rings (SSSR count). The molecular weight excluding hydrogens is 398 g/mol. The van der Waals surface area contributed by atoms with Crippen LogP contribution in [0, 0.1) is 13.8 Å². The third kappa shape index (κ3) is 5.65. The standard InChI is InChI=1S/C23H31N3O5/c1-16-21(23(28)30-4)17(2)24-22(16)20(27)15-26-11-9-25(10-12-26)13-14-31-19-7-5-18(29-3)6-8-19/h5-8,24H,9-15H2,1-4H3/p+2. The quantitative estimate of drug-likeness (QED) is 0.367. The van der Waals surface area contributed by atoms with Crippen molar-refractivity contribution < 1.29 is 33.6 Å². The number of aromatic amines is 1. The zero-order valence-corrected chi connectivity index (χ0v) is 18.8. The van der Waals surface area contributed by atoms with Gasteiger partial charge in [0.1, 0.15) is 57.4 Å². The van der Waals surface area contributed by atoms with Gasteiger partial charge in [-0.3, -0.25) is 4.79 Å². The van der Waals surface area contributed by atoms with E-state index in [1.165, 1.54) is 16.9 Å². The van der Waals surface area contributed by atoms with Crippen molar-refractivity contribution in [3.63, 3.8) is 0 Å². The van der Waals surface area contributed by atoms with Gasteiger partial charge in [0.2, 0.25) is 5.78 Å². The van der Waals surface area contributed by atoms with E-state index in [-0.39, 0.29) is 5.78 Å². The van der Waals surface area contributed by atoms with E-state index in [2.05, 4.69) is 4.98 Å². The molecule has 3 N–H and O–H groups in total. The van der Waals surface area contributed by atoms with Gasteiger partial charge in [-0.25, -0.2) is 4.79 Å². The lowest BCUT2D eigenvalue weighted by molar-refractivity contribution is -1.01. The average Bonchev–Trinajstić information content (AvgIpc) is 3.09. The van der Waals surface area contributed by atoms with Crippen molar-refractivity contribution in [1.29, 1.82) is 0 Å². The molecule has 8 heteroatoms. The SMILES string of the molecule is COC(=O)c1c(C)[nH]c(C(=O)C[NH+]2CC[NH+](CCOc3ccc(OC)cc3)CC2)c1C. The highest BCUT2D eigenvalue weighted by Crippen LogP contribution is 2.19. The maximum absolute atomic E-state index is 12.8. The van der Waals surface area contributed by atoms with Crippen LogP contribution in [-0.4, -0.2) is 76.8 Å². The maximum Gasteiger partial charge on any atom is 0.339 e. The van der Waals surface area contributed by atoms with Gasteiger partial charge >= 0.3 is 5.97 Å². The average molecular weight is 432 g/mol. The number of ketones is 1. The number of carbonyl (C=O) groups excluding carboxylic acids is 2. The lowest BCUT2D eigenvalue weighted by Crippen LogP contribution is -3.28. The second-order valence-electron chi connectivity index (χ2n) is 7.99. The Morgan fingerprint density at radius 1 is 0.968 bits per heavy atom. The zero-order valence-electron chi connectivity index (χ0n) is 18.8. The third-order valence-electron chi connectivity index (χ3n) is 5.96. The van der Waals surface area contributed by atoms with Crippen LogP contribution in [0.15, 0.2) is 24.3 Å². The Morgan fingerprint density at radius 3 is 2.19 bits per heavy atom. The number of H-pyrrole nitrogens is 1. The predicted octanol–water partition coefficient (Wildman–Crippen LogP) is -0.528. The number of ether oxygens (including phenoxy) is 3. The van der Waals surface area contributed by atoms with Gasteiger partial charge in [0.25, 0.3) is 0 Å². The van der Waals surface area contributed by atoms with Crippen molar-refractivity contribution in [2.24, 2.45) is 0 Å². The minimum Gasteiger partial charge on any atom is -0.497 e. The summed E-state index contributed by atoms with van der Waals surface area (Å²) in [5.41, 5.74) is 2.34. The number of aryl methyl sites for hydroxylation is 1. The van der Waals surface area contributed by atoms with Crippen LogP contribution in [0.5, 0.6) is 11.5 Å². The number of aromatic nitrogens is 1. The molecule has 1 aromatic heterocycles. The van der Waals surface area contributed by atoms with Crippen molar-refractivity contribution in [1.82, 2.24) is 4.98 Å². The number of Topliss-reactive ketones (excluding diaryl/α,β-unsaturated/α-hetero) is 1. The van der Waals surface area contributed by atoms with Gasteiger partial charge in [0, 0.05) is 5.69 Å². The minimum absolute atomic E-state index is 0.0389. The number of hydrogen-bond acceptors (Lipinski definition) is 5. The first-order valence-corrected chi connectivity index (χ1v) is 10.7. The second kappa shape index (κ2) is 10.5. The summed E-state index contributed by atoms with van der Waals surface area (Å²) in [5.74, 6) is 1.29. The van der Waals surface area contributed by atoms with Crippen LogP contribution in [0.4, 0.5) is 0 Å². The smallest absolute Gasteiger partial charge is 0.339 e. The maximum atomic E-state index is 12.8. The number of nitrogens with one attached hydrogen (secondary N) is 3. The number of piperazine rings is 1. The van der Waals surface area contributed by atoms with Gasteiger partial charge in [0.05, 0.1) is 25.5 Å². The molecule has 0 saturated carbocycles. The summed E-state index contributed by atoms with van der Waals surface area (Å²) in [7, 11) is 3.00. The van der Waals surface area contributed by atoms with E-state index in [9.17, 15) is 9.59 Å². The first-order valence-electron chi connectivity index (χ1n) is 10.7. The van der Waals surface area contributed by atoms with E-state index in [4.69, 9.17) is 14.2 Å². The van der Waals surface area contributed by atoms with Crippen LogP contribution < -0.4 is 19.3 Å². The molecular formula is C23H33N3O5+2. The normalized spacial score (nSPS) is 18.5. The summed E-state index contributed by atoms with van der Waals surface area (Å²) in [6.07, 6.45) is 0. The molecule has 2 aromatic rings. The topological polar surface area (TPSA) is 86.5 Å². The fourth-order valence-electron chi connectivity index (χ4n) is 4.12. The molecule has 1 aliphatic heterocycles. The largest absolute Gasteiger partial charge is 0.497 e. The molecule has 0 radical (unpaired) electrons. The molecule has 0 unspecified atom stereocenters. The Morgan fingerprint density at radius 2 is 1.58 bits per heavy atom. The molecule has 0 amide bonds. The highest BCUT2D eigenvalue weighted by molar-refractivity contribution is 6.01. The Balaban J connectivity index is 1.43. The van der Waals surface area contributed by atoms with Gasteiger partial charge in [-0.15, -0.1) is 0 Å². The van der Waals surface area contributed by atoms with Crippen molar-refractivity contribution in [3.8, 4) is 11.5 Å². The highest BCUT2D eigenvalue weighted by atomic mass is 16.5. The zero-order chi connectivity index (χ0) is 22.4. The summed E-state index contributed by atoms with van der Waals surface area (Å²) >= 11 is 0. The van der Waals surface area contributed by atoms with E-state index >= 15 is 0 Å². The van der Waals surface area contributed by atoms with Crippen molar-refractivity contribution in [2.75, 3.05) is 60.1 Å². The summed E-state index contributed by atoms with van der Waals surface area (Å²) in [4.78, 5) is 30.6. The van der Waals surface area contributed by atoms with E-state index in [1.807, 2.05) is 24.3 Å². The predicted molar refractivity (Wildman–Crippen MR) is 116 cm³/mol. The van der Waals surface area contributed by atoms with Crippen LogP contribution in [0.1, 0.15) is 32.1 Å². The van der Waals surface area contributed by atoms with Gasteiger partial charge in [-0.1, -0.05) is 0 Å². The molecule has 1 aromatic carbocycles. The van der Waals surface area contributed by atoms with E-state index in [0.717, 1.165) is 44.2 Å². The van der Waals surface area contributed by atoms with Gasteiger partial charge in [0.15, 0.2) is 0 Å². The lowest BCUT2D eigenvalue weighted by Gasteiger charge is -2.29. The number of rotatable bonds is 9. The fourth-order valence-corrected chi connectivity index (χ4v) is 4.12. The summed E-state index contributed by atoms with van der Waals surface area (Å²) in [6, 6.07) is 7.61. The van der Waals surface area contributed by atoms with E-state index in [0.29, 0.717) is 35.7 Å². The first-order chi connectivity index (χ1) is 14.9. The number of quaternary nitrogens is 2. The molecule has 1 saturated heterocycles.